The highest BCUT2D eigenvalue weighted by atomic mass is 16.4. The van der Waals surface area contributed by atoms with E-state index in [0.29, 0.717) is 6.54 Å². The number of hydrogen-bond acceptors (Lipinski definition) is 3. The summed E-state index contributed by atoms with van der Waals surface area (Å²) in [5.41, 5.74) is 5.13. The zero-order valence-electron chi connectivity index (χ0n) is 7.24. The number of amides is 2. The zero-order chi connectivity index (χ0) is 9.56. The third-order valence-corrected chi connectivity index (χ3v) is 1.37. The summed E-state index contributed by atoms with van der Waals surface area (Å²) >= 11 is 0. The Labute approximate surface area is 71.0 Å². The van der Waals surface area contributed by atoms with E-state index < -0.39 is 0 Å². The van der Waals surface area contributed by atoms with Crippen molar-refractivity contribution in [3.05, 3.63) is 0 Å². The maximum absolute atomic E-state index is 11.0. The molecule has 0 rings (SSSR count). The predicted octanol–water partition coefficient (Wildman–Crippen LogP) is -0.606. The molecule has 0 spiro atoms. The number of nitrogens with two attached hydrogens (primary N) is 1. The van der Waals surface area contributed by atoms with Crippen molar-refractivity contribution in [1.82, 2.24) is 10.2 Å². The van der Waals surface area contributed by atoms with Crippen LogP contribution in [0.3, 0.4) is 0 Å². The van der Waals surface area contributed by atoms with Crippen molar-refractivity contribution in [3.8, 4) is 0 Å². The lowest BCUT2D eigenvalue weighted by Gasteiger charge is -2.14. The molecule has 0 unspecified atom stereocenters. The van der Waals surface area contributed by atoms with Crippen LogP contribution in [0.5, 0.6) is 0 Å². The van der Waals surface area contributed by atoms with E-state index in [0.717, 1.165) is 0 Å². The van der Waals surface area contributed by atoms with Crippen LogP contribution in [0.2, 0.25) is 0 Å². The van der Waals surface area contributed by atoms with Gasteiger partial charge in [0.1, 0.15) is 0 Å². The maximum Gasteiger partial charge on any atom is 0.317 e. The molecular formula is C6H14N4O2. The van der Waals surface area contributed by atoms with Crippen LogP contribution >= 0.6 is 0 Å². The first-order valence-corrected chi connectivity index (χ1v) is 3.57. The highest BCUT2D eigenvalue weighted by Crippen LogP contribution is 1.81. The van der Waals surface area contributed by atoms with E-state index >= 15 is 0 Å². The number of carbonyl (C=O) groups is 1. The minimum Gasteiger partial charge on any atom is -0.409 e. The molecule has 0 aliphatic carbocycles. The molecule has 0 bridgehead atoms. The van der Waals surface area contributed by atoms with Gasteiger partial charge >= 0.3 is 6.03 Å². The molecule has 0 saturated heterocycles. The minimum atomic E-state index is -0.246. The lowest BCUT2D eigenvalue weighted by Crippen LogP contribution is -2.41. The molecular weight excluding hydrogens is 160 g/mol. The minimum absolute atomic E-state index is 0.0205. The van der Waals surface area contributed by atoms with Gasteiger partial charge in [0.15, 0.2) is 5.84 Å². The monoisotopic (exact) mass is 174 g/mol. The van der Waals surface area contributed by atoms with Crippen LogP contribution in [-0.4, -0.2) is 42.1 Å². The van der Waals surface area contributed by atoms with E-state index in [1.54, 1.807) is 7.05 Å². The number of nitrogens with one attached hydrogen (secondary N) is 1. The molecule has 0 radical (unpaired) electrons. The number of amidine groups is 1. The smallest absolute Gasteiger partial charge is 0.317 e. The van der Waals surface area contributed by atoms with Crippen LogP contribution in [0.4, 0.5) is 4.79 Å². The first-order valence-electron chi connectivity index (χ1n) is 3.57. The van der Waals surface area contributed by atoms with E-state index in [1.807, 2.05) is 6.92 Å². The number of urea groups is 1. The van der Waals surface area contributed by atoms with Crippen LogP contribution in [0, 0.1) is 0 Å². The Bertz CT molecular complexity index is 180. The second-order valence-electron chi connectivity index (χ2n) is 2.26. The van der Waals surface area contributed by atoms with Crippen LogP contribution in [0.15, 0.2) is 5.16 Å². The van der Waals surface area contributed by atoms with Gasteiger partial charge in [-0.15, -0.1) is 0 Å². The Morgan fingerprint density at radius 1 is 1.75 bits per heavy atom. The van der Waals surface area contributed by atoms with Crippen molar-refractivity contribution < 1.29 is 10.0 Å². The van der Waals surface area contributed by atoms with Crippen molar-refractivity contribution in [2.45, 2.75) is 6.92 Å². The van der Waals surface area contributed by atoms with Crippen molar-refractivity contribution in [2.24, 2.45) is 10.9 Å². The summed E-state index contributed by atoms with van der Waals surface area (Å²) in [5, 5.41) is 13.3. The number of carbonyl (C=O) groups excluding carboxylic acids is 1. The molecule has 0 fully saturated rings. The summed E-state index contributed by atoms with van der Waals surface area (Å²) in [6.45, 7) is 2.52. The molecule has 2 amide bonds. The van der Waals surface area contributed by atoms with E-state index in [4.69, 9.17) is 10.9 Å². The van der Waals surface area contributed by atoms with Crippen molar-refractivity contribution >= 4 is 11.9 Å². The van der Waals surface area contributed by atoms with Gasteiger partial charge in [0.05, 0.1) is 6.54 Å². The van der Waals surface area contributed by atoms with Gasteiger partial charge in [0.2, 0.25) is 0 Å². The molecule has 0 heterocycles. The fourth-order valence-corrected chi connectivity index (χ4v) is 0.480. The Kier molecular flexibility index (Phi) is 4.59. The standard InChI is InChI=1S/C6H14N4O2/c1-3-10(2)6(11)8-4-5(7)9-12/h12H,3-4H2,1-2H3,(H2,7,9)(H,8,11). The van der Waals surface area contributed by atoms with E-state index in [1.165, 1.54) is 4.90 Å². The summed E-state index contributed by atoms with van der Waals surface area (Å²) in [4.78, 5) is 12.5. The number of hydrogen-bond donors (Lipinski definition) is 3. The fourth-order valence-electron chi connectivity index (χ4n) is 0.480. The Balaban J connectivity index is 3.72. The highest BCUT2D eigenvalue weighted by molar-refractivity contribution is 5.86. The van der Waals surface area contributed by atoms with Crippen LogP contribution < -0.4 is 11.1 Å². The highest BCUT2D eigenvalue weighted by Gasteiger charge is 2.04. The molecule has 70 valence electrons. The summed E-state index contributed by atoms with van der Waals surface area (Å²) in [6.07, 6.45) is 0. The largest absolute Gasteiger partial charge is 0.409 e. The van der Waals surface area contributed by atoms with Gasteiger partial charge in [-0.1, -0.05) is 5.16 Å². The van der Waals surface area contributed by atoms with Gasteiger partial charge in [0, 0.05) is 13.6 Å². The maximum atomic E-state index is 11.0. The van der Waals surface area contributed by atoms with Crippen molar-refractivity contribution in [1.29, 1.82) is 0 Å². The van der Waals surface area contributed by atoms with Gasteiger partial charge in [-0.2, -0.15) is 0 Å². The average molecular weight is 174 g/mol. The van der Waals surface area contributed by atoms with E-state index in [2.05, 4.69) is 10.5 Å². The molecule has 12 heavy (non-hydrogen) atoms. The molecule has 6 nitrogen and oxygen atoms in total. The van der Waals surface area contributed by atoms with Crippen molar-refractivity contribution in [3.63, 3.8) is 0 Å². The second-order valence-corrected chi connectivity index (χ2v) is 2.26. The van der Waals surface area contributed by atoms with Crippen molar-refractivity contribution in [2.75, 3.05) is 20.1 Å². The van der Waals surface area contributed by atoms with E-state index in [9.17, 15) is 4.79 Å². The zero-order valence-corrected chi connectivity index (χ0v) is 7.24. The van der Waals surface area contributed by atoms with Gasteiger partial charge in [-0.25, -0.2) is 4.79 Å². The van der Waals surface area contributed by atoms with E-state index in [-0.39, 0.29) is 18.4 Å². The lowest BCUT2D eigenvalue weighted by molar-refractivity contribution is 0.212. The molecule has 4 N–H and O–H groups in total. The summed E-state index contributed by atoms with van der Waals surface area (Å²) in [7, 11) is 1.65. The molecule has 0 aromatic rings. The van der Waals surface area contributed by atoms with Gasteiger partial charge in [0.25, 0.3) is 0 Å². The van der Waals surface area contributed by atoms with Gasteiger partial charge in [-0.05, 0) is 6.92 Å². The van der Waals surface area contributed by atoms with Gasteiger partial charge < -0.3 is 21.2 Å². The second kappa shape index (κ2) is 5.22. The Morgan fingerprint density at radius 2 is 2.33 bits per heavy atom. The third-order valence-electron chi connectivity index (χ3n) is 1.37. The summed E-state index contributed by atoms with van der Waals surface area (Å²) in [5.74, 6) is -0.0205. The summed E-state index contributed by atoms with van der Waals surface area (Å²) in [6, 6.07) is -0.246. The average Bonchev–Trinajstić information content (AvgIpc) is 2.11. The van der Waals surface area contributed by atoms with Crippen LogP contribution in [0.1, 0.15) is 6.92 Å². The lowest BCUT2D eigenvalue weighted by atomic mass is 10.5. The quantitative estimate of drug-likeness (QED) is 0.231. The normalized spacial score (nSPS) is 11.0. The summed E-state index contributed by atoms with van der Waals surface area (Å²) < 4.78 is 0. The SMILES string of the molecule is CCN(C)C(=O)NCC(N)=NO. The molecule has 0 aliphatic heterocycles. The van der Waals surface area contributed by atoms with Gasteiger partial charge in [-0.3, -0.25) is 0 Å². The number of oxime groups is 1. The third kappa shape index (κ3) is 3.65. The molecule has 0 aliphatic rings. The van der Waals surface area contributed by atoms with Crippen LogP contribution in [0.25, 0.3) is 0 Å². The first kappa shape index (κ1) is 10.5. The molecule has 0 atom stereocenters. The number of rotatable bonds is 3. The fraction of sp³-hybridized carbons (Fsp3) is 0.667. The topological polar surface area (TPSA) is 91.0 Å². The molecule has 0 aromatic carbocycles. The Morgan fingerprint density at radius 3 is 2.75 bits per heavy atom. The Hall–Kier alpha value is -1.46. The number of nitrogens with zero attached hydrogens (tertiary/aromatic N) is 2. The van der Waals surface area contributed by atoms with Crippen LogP contribution in [-0.2, 0) is 0 Å². The molecule has 6 heteroatoms. The molecule has 0 saturated carbocycles. The predicted molar refractivity (Wildman–Crippen MR) is 45.1 cm³/mol. The molecule has 0 aromatic heterocycles. The first-order chi connectivity index (χ1) is 5.61.